The molecule has 0 aromatic heterocycles. The van der Waals surface area contributed by atoms with E-state index in [2.05, 4.69) is 5.73 Å². The van der Waals surface area contributed by atoms with Crippen LogP contribution in [0.1, 0.15) is 1.43 Å². The fourth-order valence-electron chi connectivity index (χ4n) is 0. The van der Waals surface area contributed by atoms with E-state index in [0.717, 1.165) is 6.34 Å². The average molecular weight is 387 g/mol. The Hall–Kier alpha value is 2.44. The SMILES string of the molecule is N=CN.[Cs+].[H-].[PbH2]. The van der Waals surface area contributed by atoms with E-state index in [1.165, 1.54) is 0 Å². The number of nitrogens with two attached hydrogens (primary N) is 1. The Morgan fingerprint density at radius 2 is 1.80 bits per heavy atom. The Balaban J connectivity index is -0.00000000667. The fraction of sp³-hybridized carbons (Fsp3) is 0. The summed E-state index contributed by atoms with van der Waals surface area (Å²) in [5.41, 5.74) is 4.39. The summed E-state index contributed by atoms with van der Waals surface area (Å²) in [4.78, 5) is 0. The molecule has 2 nitrogen and oxygen atoms in total. The van der Waals surface area contributed by atoms with Crippen molar-refractivity contribution in [2.24, 2.45) is 5.73 Å². The van der Waals surface area contributed by atoms with Crippen LogP contribution in [0.5, 0.6) is 0 Å². The quantitative estimate of drug-likeness (QED) is 0.247. The van der Waals surface area contributed by atoms with Gasteiger partial charge in [0.25, 0.3) is 0 Å². The van der Waals surface area contributed by atoms with Gasteiger partial charge in [-0.1, -0.05) is 0 Å². The normalized spacial score (nSPS) is 2.40. The van der Waals surface area contributed by atoms with Crippen molar-refractivity contribution in [1.29, 1.82) is 5.41 Å². The molecule has 0 aromatic rings. The van der Waals surface area contributed by atoms with Gasteiger partial charge < -0.3 is 7.16 Å². The molecule has 0 heterocycles. The Kier molecular flexibility index (Phi) is 50.4. The third kappa shape index (κ3) is 21.3. The summed E-state index contributed by atoms with van der Waals surface area (Å²) in [6.45, 7) is 0. The van der Waals surface area contributed by atoms with Crippen LogP contribution in [-0.2, 0) is 0 Å². The zero-order valence-corrected chi connectivity index (χ0v) is 15.1. The summed E-state index contributed by atoms with van der Waals surface area (Å²) in [6.07, 6.45) is 0.750. The molecule has 0 aliphatic heterocycles. The molecule has 0 spiro atoms. The molecular weight excluding hydrogens is 380 g/mol. The molecular formula is CH7CsN2Pb. The Morgan fingerprint density at radius 1 is 1.80 bits per heavy atom. The van der Waals surface area contributed by atoms with Gasteiger partial charge in [-0.25, -0.2) is 0 Å². The Labute approximate surface area is 112 Å². The molecule has 0 saturated heterocycles. The number of hydrogen-bond donors (Lipinski definition) is 2. The standard InChI is InChI=1S/CH4N2.Cs.Pb.3H/c2-1-3;;;;;/h1H,(H3,2,3);;;;;/q;+1;;;;-1. The zero-order chi connectivity index (χ0) is 2.71. The van der Waals surface area contributed by atoms with Gasteiger partial charge in [0, 0.05) is 0 Å². The summed E-state index contributed by atoms with van der Waals surface area (Å²) in [5, 5.41) is 5.86. The summed E-state index contributed by atoms with van der Waals surface area (Å²) < 4.78 is 0. The summed E-state index contributed by atoms with van der Waals surface area (Å²) >= 11 is 0. The van der Waals surface area contributed by atoms with Crippen LogP contribution in [0.15, 0.2) is 0 Å². The molecule has 3 N–H and O–H groups in total. The molecule has 0 bridgehead atoms. The molecule has 0 aliphatic rings. The van der Waals surface area contributed by atoms with Crippen molar-refractivity contribution in [1.82, 2.24) is 0 Å². The first kappa shape index (κ1) is 15.7. The van der Waals surface area contributed by atoms with Crippen molar-refractivity contribution >= 4 is 33.6 Å². The van der Waals surface area contributed by atoms with Gasteiger partial charge in [-0.05, 0) is 0 Å². The first-order valence-corrected chi connectivity index (χ1v) is 0.622. The van der Waals surface area contributed by atoms with Crippen molar-refractivity contribution in [3.63, 3.8) is 0 Å². The fourth-order valence-corrected chi connectivity index (χ4v) is 0. The second kappa shape index (κ2) is 16.1. The number of rotatable bonds is 0. The topological polar surface area (TPSA) is 49.9 Å². The first-order valence-electron chi connectivity index (χ1n) is 0.622. The second-order valence-electron chi connectivity index (χ2n) is 0.167. The van der Waals surface area contributed by atoms with E-state index >= 15 is 0 Å². The third-order valence-corrected chi connectivity index (χ3v) is 0. The van der Waals surface area contributed by atoms with Crippen LogP contribution < -0.4 is 74.6 Å². The summed E-state index contributed by atoms with van der Waals surface area (Å²) in [6, 6.07) is 0. The predicted molar refractivity (Wildman–Crippen MR) is 22.6 cm³/mol. The molecule has 0 aromatic carbocycles. The third-order valence-electron chi connectivity index (χ3n) is 0. The van der Waals surface area contributed by atoms with E-state index < -0.39 is 0 Å². The van der Waals surface area contributed by atoms with Crippen LogP contribution in [0.4, 0.5) is 0 Å². The van der Waals surface area contributed by atoms with E-state index in [9.17, 15) is 0 Å². The van der Waals surface area contributed by atoms with Gasteiger partial charge in [-0.2, -0.15) is 0 Å². The van der Waals surface area contributed by atoms with Gasteiger partial charge in [0.15, 0.2) is 0 Å². The van der Waals surface area contributed by atoms with Crippen LogP contribution in [-0.4, -0.2) is 33.6 Å². The maximum absolute atomic E-state index is 5.86. The van der Waals surface area contributed by atoms with E-state index in [1.807, 2.05) is 0 Å². The van der Waals surface area contributed by atoms with Gasteiger partial charge in [0.05, 0.1) is 6.34 Å². The van der Waals surface area contributed by atoms with E-state index in [-0.39, 0.29) is 97.6 Å². The van der Waals surface area contributed by atoms with Gasteiger partial charge in [-0.3, -0.25) is 5.41 Å². The van der Waals surface area contributed by atoms with Crippen LogP contribution in [0, 0.1) is 5.41 Å². The molecule has 4 heteroatoms. The molecule has 2 radical (unpaired) electrons. The van der Waals surface area contributed by atoms with Gasteiger partial charge >= 0.3 is 96.2 Å². The molecule has 5 heavy (non-hydrogen) atoms. The molecule has 0 saturated carbocycles. The molecule has 0 aliphatic carbocycles. The van der Waals surface area contributed by atoms with Crippen molar-refractivity contribution in [2.45, 2.75) is 0 Å². The van der Waals surface area contributed by atoms with Crippen LogP contribution in [0.25, 0.3) is 0 Å². The number of hydrogen-bond acceptors (Lipinski definition) is 1. The van der Waals surface area contributed by atoms with Crippen LogP contribution >= 0.6 is 0 Å². The molecule has 26 valence electrons. The van der Waals surface area contributed by atoms with Crippen LogP contribution in [0.3, 0.4) is 0 Å². The Bertz CT molecular complexity index is 21.0. The van der Waals surface area contributed by atoms with Crippen molar-refractivity contribution in [3.8, 4) is 0 Å². The monoisotopic (exact) mass is 388 g/mol. The minimum atomic E-state index is 0. The van der Waals surface area contributed by atoms with E-state index in [1.54, 1.807) is 0 Å². The van der Waals surface area contributed by atoms with Gasteiger partial charge in [0.1, 0.15) is 0 Å². The van der Waals surface area contributed by atoms with Crippen molar-refractivity contribution < 1.29 is 70.3 Å². The van der Waals surface area contributed by atoms with Crippen LogP contribution in [0.2, 0.25) is 0 Å². The maximum atomic E-state index is 5.86. The van der Waals surface area contributed by atoms with E-state index in [4.69, 9.17) is 5.41 Å². The summed E-state index contributed by atoms with van der Waals surface area (Å²) in [7, 11) is 0. The van der Waals surface area contributed by atoms with Gasteiger partial charge in [0.2, 0.25) is 0 Å². The zero-order valence-electron chi connectivity index (χ0n) is 4.36. The molecule has 0 atom stereocenters. The van der Waals surface area contributed by atoms with E-state index in [0.29, 0.717) is 0 Å². The molecule has 0 rings (SSSR count). The first-order chi connectivity index (χ1) is 1.41. The molecule has 0 amide bonds. The number of nitrogens with one attached hydrogen (secondary N) is 1. The minimum absolute atomic E-state index is 0. The Morgan fingerprint density at radius 3 is 1.80 bits per heavy atom. The predicted octanol–water partition coefficient (Wildman–Crippen LogP) is -4.25. The van der Waals surface area contributed by atoms with Crippen molar-refractivity contribution in [2.75, 3.05) is 0 Å². The van der Waals surface area contributed by atoms with Gasteiger partial charge in [-0.15, -0.1) is 0 Å². The summed E-state index contributed by atoms with van der Waals surface area (Å²) in [5.74, 6) is 0. The molecule has 0 fully saturated rings. The van der Waals surface area contributed by atoms with Crippen molar-refractivity contribution in [3.05, 3.63) is 0 Å². The second-order valence-corrected chi connectivity index (χ2v) is 0.167. The molecule has 0 unspecified atom stereocenters. The average Bonchev–Trinajstić information content (AvgIpc) is 0.918.